The maximum Gasteiger partial charge on any atom is 0.326 e. The third-order valence-electron chi connectivity index (χ3n) is 3.06. The van der Waals surface area contributed by atoms with Gasteiger partial charge in [0.2, 0.25) is 5.91 Å². The Morgan fingerprint density at radius 3 is 2.29 bits per heavy atom. The van der Waals surface area contributed by atoms with E-state index in [-0.39, 0.29) is 18.2 Å². The van der Waals surface area contributed by atoms with Gasteiger partial charge in [0.25, 0.3) is 0 Å². The Bertz CT molecular complexity index is 513. The van der Waals surface area contributed by atoms with Crippen molar-refractivity contribution < 1.29 is 24.2 Å². The van der Waals surface area contributed by atoms with Crippen molar-refractivity contribution in [2.24, 2.45) is 5.92 Å². The standard InChI is InChI=1S/C15H21NO5/c1-9(2)14(15(18)19)16-13(17)8-10-5-6-11(20-3)12(7-10)21-4/h5-7,9,14H,8H2,1-4H3,(H,16,17)(H,18,19)/t14-/m1/s1. The fourth-order valence-electron chi connectivity index (χ4n) is 1.91. The zero-order chi connectivity index (χ0) is 16.0. The predicted molar refractivity (Wildman–Crippen MR) is 77.7 cm³/mol. The zero-order valence-corrected chi connectivity index (χ0v) is 12.7. The maximum atomic E-state index is 11.9. The van der Waals surface area contributed by atoms with Crippen LogP contribution in [0.4, 0.5) is 0 Å². The number of carbonyl (C=O) groups excluding carboxylic acids is 1. The molecule has 0 radical (unpaired) electrons. The number of ether oxygens (including phenoxy) is 2. The lowest BCUT2D eigenvalue weighted by molar-refractivity contribution is -0.143. The number of amides is 1. The lowest BCUT2D eigenvalue weighted by Gasteiger charge is -2.18. The molecule has 1 rings (SSSR count). The summed E-state index contributed by atoms with van der Waals surface area (Å²) in [7, 11) is 3.05. The normalized spacial score (nSPS) is 11.9. The van der Waals surface area contributed by atoms with Crippen LogP contribution in [0.2, 0.25) is 0 Å². The molecule has 0 fully saturated rings. The summed E-state index contributed by atoms with van der Waals surface area (Å²) in [6, 6.07) is 4.26. The van der Waals surface area contributed by atoms with E-state index in [1.165, 1.54) is 14.2 Å². The Morgan fingerprint density at radius 1 is 1.19 bits per heavy atom. The highest BCUT2D eigenvalue weighted by Gasteiger charge is 2.23. The Balaban J connectivity index is 2.77. The van der Waals surface area contributed by atoms with Gasteiger partial charge in [-0.05, 0) is 23.6 Å². The summed E-state index contributed by atoms with van der Waals surface area (Å²) in [5, 5.41) is 11.6. The highest BCUT2D eigenvalue weighted by molar-refractivity contribution is 5.85. The first-order valence-corrected chi connectivity index (χ1v) is 6.62. The van der Waals surface area contributed by atoms with Crippen LogP contribution in [0.25, 0.3) is 0 Å². The number of carboxylic acid groups (broad SMARTS) is 1. The summed E-state index contributed by atoms with van der Waals surface area (Å²) in [5.41, 5.74) is 0.720. The SMILES string of the molecule is COc1ccc(CC(=O)N[C@@H](C(=O)O)C(C)C)cc1OC. The minimum Gasteiger partial charge on any atom is -0.493 e. The van der Waals surface area contributed by atoms with Gasteiger partial charge in [-0.1, -0.05) is 19.9 Å². The van der Waals surface area contributed by atoms with Gasteiger partial charge >= 0.3 is 5.97 Å². The Morgan fingerprint density at radius 2 is 1.81 bits per heavy atom. The average molecular weight is 295 g/mol. The van der Waals surface area contributed by atoms with Crippen molar-refractivity contribution in [3.8, 4) is 11.5 Å². The number of carbonyl (C=O) groups is 2. The molecule has 2 N–H and O–H groups in total. The summed E-state index contributed by atoms with van der Waals surface area (Å²) in [5.74, 6) is -0.459. The van der Waals surface area contributed by atoms with E-state index in [1.807, 2.05) is 0 Å². The van der Waals surface area contributed by atoms with Crippen molar-refractivity contribution in [3.63, 3.8) is 0 Å². The average Bonchev–Trinajstić information content (AvgIpc) is 2.43. The molecule has 0 aliphatic rings. The van der Waals surface area contributed by atoms with Gasteiger partial charge in [-0.15, -0.1) is 0 Å². The predicted octanol–water partition coefficient (Wildman–Crippen LogP) is 1.47. The second-order valence-electron chi connectivity index (χ2n) is 4.99. The van der Waals surface area contributed by atoms with Gasteiger partial charge in [0.15, 0.2) is 11.5 Å². The Hall–Kier alpha value is -2.24. The minimum absolute atomic E-state index is 0.0802. The van der Waals surface area contributed by atoms with E-state index in [0.717, 1.165) is 5.56 Å². The van der Waals surface area contributed by atoms with Crippen LogP contribution in [-0.2, 0) is 16.0 Å². The van der Waals surface area contributed by atoms with Crippen LogP contribution in [0.1, 0.15) is 19.4 Å². The van der Waals surface area contributed by atoms with Crippen molar-refractivity contribution in [2.45, 2.75) is 26.3 Å². The van der Waals surface area contributed by atoms with Crippen LogP contribution in [-0.4, -0.2) is 37.2 Å². The third kappa shape index (κ3) is 4.66. The number of carboxylic acids is 1. The molecule has 0 saturated carbocycles. The third-order valence-corrected chi connectivity index (χ3v) is 3.06. The molecule has 1 atom stereocenters. The van der Waals surface area contributed by atoms with Crippen molar-refractivity contribution in [1.82, 2.24) is 5.32 Å². The van der Waals surface area contributed by atoms with E-state index in [9.17, 15) is 9.59 Å². The number of hydrogen-bond donors (Lipinski definition) is 2. The van der Waals surface area contributed by atoms with Gasteiger partial charge in [0, 0.05) is 0 Å². The van der Waals surface area contributed by atoms with E-state index in [1.54, 1.807) is 32.0 Å². The maximum absolute atomic E-state index is 11.9. The number of nitrogens with one attached hydrogen (secondary N) is 1. The van der Waals surface area contributed by atoms with Crippen LogP contribution in [0.15, 0.2) is 18.2 Å². The molecule has 0 aromatic heterocycles. The molecule has 0 spiro atoms. The quantitative estimate of drug-likeness (QED) is 0.795. The van der Waals surface area contributed by atoms with Gasteiger partial charge in [-0.2, -0.15) is 0 Å². The summed E-state index contributed by atoms with van der Waals surface area (Å²) < 4.78 is 10.3. The fraction of sp³-hybridized carbons (Fsp3) is 0.467. The molecule has 1 aromatic rings. The molecule has 0 heterocycles. The smallest absolute Gasteiger partial charge is 0.326 e. The first-order chi connectivity index (χ1) is 9.88. The number of methoxy groups -OCH3 is 2. The molecule has 0 saturated heterocycles. The molecule has 0 bridgehead atoms. The molecule has 1 amide bonds. The molecular weight excluding hydrogens is 274 g/mol. The van der Waals surface area contributed by atoms with Crippen molar-refractivity contribution >= 4 is 11.9 Å². The summed E-state index contributed by atoms with van der Waals surface area (Å²) >= 11 is 0. The number of aliphatic carboxylic acids is 1. The van der Waals surface area contributed by atoms with Crippen LogP contribution in [0.3, 0.4) is 0 Å². The summed E-state index contributed by atoms with van der Waals surface area (Å²) in [6.45, 7) is 3.49. The zero-order valence-electron chi connectivity index (χ0n) is 12.7. The molecule has 6 heteroatoms. The number of benzene rings is 1. The largest absolute Gasteiger partial charge is 0.493 e. The van der Waals surface area contributed by atoms with E-state index >= 15 is 0 Å². The van der Waals surface area contributed by atoms with Gasteiger partial charge in [-0.25, -0.2) is 4.79 Å². The van der Waals surface area contributed by atoms with Crippen LogP contribution in [0, 0.1) is 5.92 Å². The molecule has 6 nitrogen and oxygen atoms in total. The lowest BCUT2D eigenvalue weighted by atomic mass is 10.0. The summed E-state index contributed by atoms with van der Waals surface area (Å²) in [4.78, 5) is 23.0. The molecule has 0 aliphatic carbocycles. The minimum atomic E-state index is -1.04. The van der Waals surface area contributed by atoms with E-state index in [0.29, 0.717) is 11.5 Å². The fourth-order valence-corrected chi connectivity index (χ4v) is 1.91. The lowest BCUT2D eigenvalue weighted by Crippen LogP contribution is -2.44. The van der Waals surface area contributed by atoms with Crippen molar-refractivity contribution in [1.29, 1.82) is 0 Å². The Labute approximate surface area is 124 Å². The highest BCUT2D eigenvalue weighted by Crippen LogP contribution is 2.27. The topological polar surface area (TPSA) is 84.9 Å². The number of hydrogen-bond acceptors (Lipinski definition) is 4. The van der Waals surface area contributed by atoms with Gasteiger partial charge in [0.05, 0.1) is 20.6 Å². The molecule has 0 unspecified atom stereocenters. The highest BCUT2D eigenvalue weighted by atomic mass is 16.5. The van der Waals surface area contributed by atoms with Gasteiger partial charge in [-0.3, -0.25) is 4.79 Å². The second-order valence-corrected chi connectivity index (χ2v) is 4.99. The van der Waals surface area contributed by atoms with Gasteiger partial charge in [0.1, 0.15) is 6.04 Å². The van der Waals surface area contributed by atoms with Crippen molar-refractivity contribution in [3.05, 3.63) is 23.8 Å². The van der Waals surface area contributed by atoms with E-state index in [2.05, 4.69) is 5.32 Å². The molecule has 0 aliphatic heterocycles. The monoisotopic (exact) mass is 295 g/mol. The summed E-state index contributed by atoms with van der Waals surface area (Å²) in [6.07, 6.45) is 0.0802. The molecule has 116 valence electrons. The van der Waals surface area contributed by atoms with Crippen molar-refractivity contribution in [2.75, 3.05) is 14.2 Å². The molecule has 1 aromatic carbocycles. The molecule has 21 heavy (non-hydrogen) atoms. The molecular formula is C15H21NO5. The van der Waals surface area contributed by atoms with Crippen LogP contribution < -0.4 is 14.8 Å². The van der Waals surface area contributed by atoms with Crippen LogP contribution in [0.5, 0.6) is 11.5 Å². The van der Waals surface area contributed by atoms with E-state index < -0.39 is 12.0 Å². The number of rotatable bonds is 7. The first-order valence-electron chi connectivity index (χ1n) is 6.62. The van der Waals surface area contributed by atoms with Gasteiger partial charge < -0.3 is 19.9 Å². The Kier molecular flexibility index (Phi) is 6.02. The second kappa shape index (κ2) is 7.52. The van der Waals surface area contributed by atoms with Crippen LogP contribution >= 0.6 is 0 Å². The first kappa shape index (κ1) is 16.8. The van der Waals surface area contributed by atoms with E-state index in [4.69, 9.17) is 14.6 Å².